The van der Waals surface area contributed by atoms with Gasteiger partial charge in [-0.15, -0.1) is 24.8 Å². The number of nitrogen functional groups attached to an aromatic ring is 1. The van der Waals surface area contributed by atoms with E-state index in [0.717, 1.165) is 24.5 Å². The molecule has 0 saturated heterocycles. The largest absolute Gasteiger partial charge is 0.491 e. The van der Waals surface area contributed by atoms with E-state index in [4.69, 9.17) is 19.9 Å². The standard InChI is InChI=1S/C23H31N3O6S.2ClH/c1-4-5-6-13-33(28,29)26-22(27)10-8-18-7-9-20(31-12-11-30-3)15-21(18)32-23-17(2)14-19(24)16-25-23;;/h7-10,14-16H,4-6,11-13,24H2,1-3H3,(H,26,27);2*1H. The molecule has 1 aromatic carbocycles. The van der Waals surface area contributed by atoms with Gasteiger partial charge in [0.15, 0.2) is 0 Å². The highest BCUT2D eigenvalue weighted by atomic mass is 35.5. The van der Waals surface area contributed by atoms with Crippen LogP contribution < -0.4 is 19.9 Å². The van der Waals surface area contributed by atoms with Gasteiger partial charge in [-0.2, -0.15) is 0 Å². The number of carbonyl (C=O) groups excluding carboxylic acids is 1. The summed E-state index contributed by atoms with van der Waals surface area (Å²) < 4.78 is 42.7. The quantitative estimate of drug-likeness (QED) is 0.279. The molecule has 1 amide bonds. The molecule has 0 atom stereocenters. The maximum absolute atomic E-state index is 12.2. The summed E-state index contributed by atoms with van der Waals surface area (Å²) in [6.07, 6.45) is 6.27. The Kier molecular flexibility index (Phi) is 15.0. The molecule has 0 radical (unpaired) electrons. The zero-order valence-electron chi connectivity index (χ0n) is 20.0. The van der Waals surface area contributed by atoms with Gasteiger partial charge in [-0.05, 0) is 37.6 Å². The Labute approximate surface area is 219 Å². The average Bonchev–Trinajstić information content (AvgIpc) is 2.75. The van der Waals surface area contributed by atoms with Crippen molar-refractivity contribution in [1.82, 2.24) is 9.71 Å². The third-order valence-corrected chi connectivity index (χ3v) is 5.82. The van der Waals surface area contributed by atoms with Crippen LogP contribution in [-0.4, -0.2) is 45.4 Å². The van der Waals surface area contributed by atoms with Gasteiger partial charge >= 0.3 is 0 Å². The molecule has 2 rings (SSSR count). The highest BCUT2D eigenvalue weighted by molar-refractivity contribution is 7.90. The molecule has 0 aliphatic carbocycles. The van der Waals surface area contributed by atoms with Gasteiger partial charge in [-0.1, -0.05) is 19.8 Å². The summed E-state index contributed by atoms with van der Waals surface area (Å²) >= 11 is 0. The lowest BCUT2D eigenvalue weighted by molar-refractivity contribution is -0.114. The van der Waals surface area contributed by atoms with Crippen molar-refractivity contribution in [2.75, 3.05) is 31.8 Å². The van der Waals surface area contributed by atoms with Gasteiger partial charge in [0.05, 0.1) is 24.2 Å². The zero-order chi connectivity index (χ0) is 24.3. The Bertz CT molecular complexity index is 1080. The number of hydrogen-bond acceptors (Lipinski definition) is 8. The number of nitrogens with zero attached hydrogens (tertiary/aromatic N) is 1. The molecule has 9 nitrogen and oxygen atoms in total. The SMILES string of the molecule is CCCCCS(=O)(=O)NC(=O)C=Cc1ccc(OCCOC)cc1Oc1ncc(N)cc1C.Cl.Cl. The predicted octanol–water partition coefficient (Wildman–Crippen LogP) is 4.28. The highest BCUT2D eigenvalue weighted by Gasteiger charge is 2.13. The number of hydrogen-bond donors (Lipinski definition) is 2. The van der Waals surface area contributed by atoms with Crippen molar-refractivity contribution in [3.8, 4) is 17.4 Å². The Morgan fingerprint density at radius 3 is 2.57 bits per heavy atom. The van der Waals surface area contributed by atoms with Crippen LogP contribution in [0.3, 0.4) is 0 Å². The first kappa shape index (κ1) is 32.5. The second-order valence-corrected chi connectivity index (χ2v) is 9.20. The summed E-state index contributed by atoms with van der Waals surface area (Å²) in [4.78, 5) is 16.4. The molecule has 0 unspecified atom stereocenters. The number of rotatable bonds is 13. The lowest BCUT2D eigenvalue weighted by atomic mass is 10.1. The van der Waals surface area contributed by atoms with Gasteiger partial charge in [-0.25, -0.2) is 18.1 Å². The first-order valence-corrected chi connectivity index (χ1v) is 12.3. The first-order valence-electron chi connectivity index (χ1n) is 10.6. The van der Waals surface area contributed by atoms with Crippen LogP contribution in [0.1, 0.15) is 37.3 Å². The molecular weight excluding hydrogens is 517 g/mol. The molecule has 1 heterocycles. The molecule has 196 valence electrons. The lowest BCUT2D eigenvalue weighted by Gasteiger charge is -2.13. The molecule has 0 bridgehead atoms. The van der Waals surface area contributed by atoms with E-state index in [9.17, 15) is 13.2 Å². The van der Waals surface area contributed by atoms with Crippen LogP contribution in [-0.2, 0) is 19.6 Å². The first-order chi connectivity index (χ1) is 15.7. The Hall–Kier alpha value is -2.53. The number of methoxy groups -OCH3 is 1. The molecule has 0 aliphatic rings. The average molecular weight is 551 g/mol. The summed E-state index contributed by atoms with van der Waals surface area (Å²) in [5.41, 5.74) is 7.53. The normalized spacial score (nSPS) is 10.8. The fraction of sp³-hybridized carbons (Fsp3) is 0.391. The van der Waals surface area contributed by atoms with E-state index in [-0.39, 0.29) is 30.6 Å². The summed E-state index contributed by atoms with van der Waals surface area (Å²) in [5, 5.41) is 0. The summed E-state index contributed by atoms with van der Waals surface area (Å²) in [6.45, 7) is 4.55. The number of amides is 1. The summed E-state index contributed by atoms with van der Waals surface area (Å²) in [7, 11) is -2.10. The van der Waals surface area contributed by atoms with Gasteiger partial charge in [0, 0.05) is 30.4 Å². The van der Waals surface area contributed by atoms with Crippen LogP contribution in [0.4, 0.5) is 5.69 Å². The van der Waals surface area contributed by atoms with E-state index in [1.807, 2.05) is 13.8 Å². The number of anilines is 1. The van der Waals surface area contributed by atoms with Crippen LogP contribution in [0.5, 0.6) is 17.4 Å². The monoisotopic (exact) mass is 549 g/mol. The fourth-order valence-electron chi connectivity index (χ4n) is 2.81. The molecule has 1 aromatic heterocycles. The second kappa shape index (κ2) is 16.2. The van der Waals surface area contributed by atoms with Crippen molar-refractivity contribution in [2.45, 2.75) is 33.1 Å². The predicted molar refractivity (Wildman–Crippen MR) is 142 cm³/mol. The van der Waals surface area contributed by atoms with Crippen molar-refractivity contribution in [3.05, 3.63) is 47.7 Å². The van der Waals surface area contributed by atoms with Gasteiger partial charge in [0.1, 0.15) is 18.1 Å². The molecular formula is C23H33Cl2N3O6S. The number of benzene rings is 1. The molecule has 12 heteroatoms. The number of carbonyl (C=O) groups is 1. The highest BCUT2D eigenvalue weighted by Crippen LogP contribution is 2.31. The van der Waals surface area contributed by atoms with Crippen molar-refractivity contribution in [3.63, 3.8) is 0 Å². The van der Waals surface area contributed by atoms with E-state index in [0.29, 0.717) is 48.3 Å². The molecule has 0 fully saturated rings. The molecule has 0 aliphatic heterocycles. The van der Waals surface area contributed by atoms with Crippen molar-refractivity contribution < 1.29 is 27.4 Å². The topological polar surface area (TPSA) is 130 Å². The van der Waals surface area contributed by atoms with Crippen molar-refractivity contribution in [2.24, 2.45) is 0 Å². The number of halogens is 2. The van der Waals surface area contributed by atoms with Crippen molar-refractivity contribution >= 4 is 52.5 Å². The summed E-state index contributed by atoms with van der Waals surface area (Å²) in [5.74, 6) is 0.426. The minimum atomic E-state index is -3.68. The number of aromatic nitrogens is 1. The van der Waals surface area contributed by atoms with Crippen LogP contribution in [0.2, 0.25) is 0 Å². The minimum absolute atomic E-state index is 0. The summed E-state index contributed by atoms with van der Waals surface area (Å²) in [6, 6.07) is 6.80. The lowest BCUT2D eigenvalue weighted by Crippen LogP contribution is -2.31. The number of unbranched alkanes of at least 4 members (excludes halogenated alkanes) is 2. The Morgan fingerprint density at radius 2 is 1.91 bits per heavy atom. The van der Waals surface area contributed by atoms with E-state index in [2.05, 4.69) is 9.71 Å². The Morgan fingerprint density at radius 1 is 1.17 bits per heavy atom. The molecule has 0 saturated carbocycles. The van der Waals surface area contributed by atoms with Gasteiger partial charge < -0.3 is 19.9 Å². The van der Waals surface area contributed by atoms with Crippen LogP contribution in [0.25, 0.3) is 6.08 Å². The maximum Gasteiger partial charge on any atom is 0.257 e. The van der Waals surface area contributed by atoms with Crippen LogP contribution in [0.15, 0.2) is 36.5 Å². The molecule has 35 heavy (non-hydrogen) atoms. The molecule has 3 N–H and O–H groups in total. The van der Waals surface area contributed by atoms with E-state index in [1.54, 1.807) is 31.4 Å². The van der Waals surface area contributed by atoms with E-state index in [1.165, 1.54) is 12.3 Å². The number of sulfonamides is 1. The fourth-order valence-corrected chi connectivity index (χ4v) is 3.88. The van der Waals surface area contributed by atoms with Gasteiger partial charge in [0.2, 0.25) is 15.9 Å². The zero-order valence-corrected chi connectivity index (χ0v) is 22.4. The molecule has 2 aromatic rings. The van der Waals surface area contributed by atoms with Gasteiger partial charge in [0.25, 0.3) is 5.91 Å². The number of ether oxygens (including phenoxy) is 3. The third-order valence-electron chi connectivity index (χ3n) is 4.49. The van der Waals surface area contributed by atoms with Gasteiger partial charge in [-0.3, -0.25) is 4.79 Å². The number of pyridine rings is 1. The van der Waals surface area contributed by atoms with Crippen molar-refractivity contribution in [1.29, 1.82) is 0 Å². The van der Waals surface area contributed by atoms with E-state index < -0.39 is 15.9 Å². The van der Waals surface area contributed by atoms with E-state index >= 15 is 0 Å². The smallest absolute Gasteiger partial charge is 0.257 e. The minimum Gasteiger partial charge on any atom is -0.491 e. The van der Waals surface area contributed by atoms with Crippen LogP contribution in [0, 0.1) is 6.92 Å². The second-order valence-electron chi connectivity index (χ2n) is 7.36. The number of nitrogens with two attached hydrogens (primary N) is 1. The van der Waals surface area contributed by atoms with Crippen LogP contribution >= 0.6 is 24.8 Å². The number of aryl methyl sites for hydroxylation is 1. The maximum atomic E-state index is 12.2. The Balaban J connectivity index is 0.00000578. The third kappa shape index (κ3) is 11.6. The number of nitrogens with one attached hydrogen (secondary N) is 1. The molecule has 0 spiro atoms.